The average Bonchev–Trinajstić information content (AvgIpc) is 2.13. The van der Waals surface area contributed by atoms with E-state index < -0.39 is 11.9 Å². The van der Waals surface area contributed by atoms with E-state index in [-0.39, 0.29) is 4.75 Å². The van der Waals surface area contributed by atoms with Crippen molar-refractivity contribution >= 4 is 23.6 Å². The molecule has 5 heteroatoms. The van der Waals surface area contributed by atoms with E-state index in [2.05, 4.69) is 10.1 Å². The van der Waals surface area contributed by atoms with Gasteiger partial charge in [0.2, 0.25) is 0 Å². The van der Waals surface area contributed by atoms with Crippen LogP contribution in [0.15, 0.2) is 0 Å². The molecule has 0 aliphatic heterocycles. The third kappa shape index (κ3) is 4.77. The third-order valence-electron chi connectivity index (χ3n) is 1.60. The van der Waals surface area contributed by atoms with Gasteiger partial charge in [0.05, 0.1) is 7.11 Å². The van der Waals surface area contributed by atoms with E-state index in [1.807, 2.05) is 20.1 Å². The SMILES string of the molecule is COC(=O)C(=O)NCC(C)(C)SC. The first kappa shape index (κ1) is 12.3. The van der Waals surface area contributed by atoms with Crippen molar-refractivity contribution in [2.45, 2.75) is 18.6 Å². The normalized spacial score (nSPS) is 10.8. The maximum atomic E-state index is 10.9. The van der Waals surface area contributed by atoms with E-state index in [0.29, 0.717) is 6.54 Å². The van der Waals surface area contributed by atoms with Crippen molar-refractivity contribution in [3.8, 4) is 0 Å². The maximum Gasteiger partial charge on any atom is 0.396 e. The Bertz CT molecular complexity index is 204. The number of ether oxygens (including phenoxy) is 1. The van der Waals surface area contributed by atoms with E-state index >= 15 is 0 Å². The molecule has 0 saturated heterocycles. The van der Waals surface area contributed by atoms with Crippen molar-refractivity contribution in [3.63, 3.8) is 0 Å². The molecule has 0 fully saturated rings. The molecule has 76 valence electrons. The lowest BCUT2D eigenvalue weighted by Crippen LogP contribution is -2.40. The third-order valence-corrected chi connectivity index (χ3v) is 2.85. The summed E-state index contributed by atoms with van der Waals surface area (Å²) < 4.78 is 4.19. The fourth-order valence-electron chi connectivity index (χ4n) is 0.530. The Kier molecular flexibility index (Phi) is 4.83. The van der Waals surface area contributed by atoms with Crippen molar-refractivity contribution in [2.24, 2.45) is 0 Å². The molecule has 1 N–H and O–H groups in total. The van der Waals surface area contributed by atoms with Gasteiger partial charge in [0.25, 0.3) is 0 Å². The molecule has 0 rings (SSSR count). The summed E-state index contributed by atoms with van der Waals surface area (Å²) >= 11 is 1.62. The summed E-state index contributed by atoms with van der Waals surface area (Å²) in [4.78, 5) is 21.6. The Balaban J connectivity index is 3.90. The molecule has 0 aromatic carbocycles. The number of hydrogen-bond acceptors (Lipinski definition) is 4. The Hall–Kier alpha value is -0.710. The van der Waals surface area contributed by atoms with Crippen molar-refractivity contribution < 1.29 is 14.3 Å². The summed E-state index contributed by atoms with van der Waals surface area (Å²) in [5.41, 5.74) is 0. The van der Waals surface area contributed by atoms with Crippen LogP contribution in [0.5, 0.6) is 0 Å². The summed E-state index contributed by atoms with van der Waals surface area (Å²) in [7, 11) is 1.18. The summed E-state index contributed by atoms with van der Waals surface area (Å²) in [6.07, 6.45) is 1.95. The fraction of sp³-hybridized carbons (Fsp3) is 0.750. The van der Waals surface area contributed by atoms with Crippen LogP contribution >= 0.6 is 11.8 Å². The van der Waals surface area contributed by atoms with Crippen molar-refractivity contribution in [1.82, 2.24) is 5.32 Å². The first-order valence-electron chi connectivity index (χ1n) is 3.84. The Morgan fingerprint density at radius 2 is 2.00 bits per heavy atom. The van der Waals surface area contributed by atoms with Crippen LogP contribution in [0.25, 0.3) is 0 Å². The van der Waals surface area contributed by atoms with Gasteiger partial charge >= 0.3 is 11.9 Å². The number of hydrogen-bond donors (Lipinski definition) is 1. The highest BCUT2D eigenvalue weighted by Crippen LogP contribution is 2.19. The minimum Gasteiger partial charge on any atom is -0.462 e. The zero-order valence-corrected chi connectivity index (χ0v) is 9.16. The molecule has 0 aromatic heterocycles. The number of carbonyl (C=O) groups excluding carboxylic acids is 2. The average molecular weight is 205 g/mol. The van der Waals surface area contributed by atoms with Gasteiger partial charge in [0, 0.05) is 11.3 Å². The van der Waals surface area contributed by atoms with Crippen molar-refractivity contribution in [2.75, 3.05) is 19.9 Å². The number of rotatable bonds is 3. The number of carbonyl (C=O) groups is 2. The molecule has 4 nitrogen and oxygen atoms in total. The predicted octanol–water partition coefficient (Wildman–Crippen LogP) is 0.417. The number of thioether (sulfide) groups is 1. The second-order valence-corrected chi connectivity index (χ2v) is 4.65. The number of esters is 1. The topological polar surface area (TPSA) is 55.4 Å². The molecule has 1 amide bonds. The fourth-order valence-corrected chi connectivity index (χ4v) is 0.747. The molecule has 0 atom stereocenters. The highest BCUT2D eigenvalue weighted by atomic mass is 32.2. The maximum absolute atomic E-state index is 10.9. The number of nitrogens with one attached hydrogen (secondary N) is 1. The molecule has 0 radical (unpaired) electrons. The molecule has 13 heavy (non-hydrogen) atoms. The van der Waals surface area contributed by atoms with Crippen LogP contribution in [-0.4, -0.2) is 36.5 Å². The van der Waals surface area contributed by atoms with Crippen LogP contribution < -0.4 is 5.32 Å². The quantitative estimate of drug-likeness (QED) is 0.536. The van der Waals surface area contributed by atoms with Crippen LogP contribution in [0.1, 0.15) is 13.8 Å². The molecule has 0 spiro atoms. The van der Waals surface area contributed by atoms with Crippen molar-refractivity contribution in [1.29, 1.82) is 0 Å². The molecule has 0 aliphatic rings. The first-order valence-corrected chi connectivity index (χ1v) is 5.06. The Morgan fingerprint density at radius 3 is 2.38 bits per heavy atom. The van der Waals surface area contributed by atoms with Gasteiger partial charge < -0.3 is 10.1 Å². The summed E-state index contributed by atoms with van der Waals surface area (Å²) in [6, 6.07) is 0. The van der Waals surface area contributed by atoms with Crippen LogP contribution in [0.2, 0.25) is 0 Å². The first-order chi connectivity index (χ1) is 5.93. The van der Waals surface area contributed by atoms with Crippen molar-refractivity contribution in [3.05, 3.63) is 0 Å². The molecular formula is C8H15NO3S. The molecule has 0 bridgehead atoms. The largest absolute Gasteiger partial charge is 0.462 e. The van der Waals surface area contributed by atoms with Gasteiger partial charge in [-0.05, 0) is 20.1 Å². The van der Waals surface area contributed by atoms with Gasteiger partial charge in [-0.2, -0.15) is 11.8 Å². The second-order valence-electron chi connectivity index (χ2n) is 3.14. The highest BCUT2D eigenvalue weighted by Gasteiger charge is 2.20. The van der Waals surface area contributed by atoms with Crippen LogP contribution in [0, 0.1) is 0 Å². The van der Waals surface area contributed by atoms with E-state index in [1.54, 1.807) is 11.8 Å². The summed E-state index contributed by atoms with van der Waals surface area (Å²) in [5.74, 6) is -1.54. The molecule has 0 unspecified atom stereocenters. The van der Waals surface area contributed by atoms with E-state index in [0.717, 1.165) is 0 Å². The molecule has 0 aromatic rings. The molecular weight excluding hydrogens is 190 g/mol. The lowest BCUT2D eigenvalue weighted by atomic mass is 10.2. The van der Waals surface area contributed by atoms with Gasteiger partial charge in [-0.3, -0.25) is 4.79 Å². The van der Waals surface area contributed by atoms with E-state index in [9.17, 15) is 9.59 Å². The van der Waals surface area contributed by atoms with E-state index in [1.165, 1.54) is 7.11 Å². The van der Waals surface area contributed by atoms with Gasteiger partial charge in [-0.15, -0.1) is 0 Å². The van der Waals surface area contributed by atoms with Crippen LogP contribution in [0.4, 0.5) is 0 Å². The van der Waals surface area contributed by atoms with Gasteiger partial charge in [0.15, 0.2) is 0 Å². The predicted molar refractivity (Wildman–Crippen MR) is 52.6 cm³/mol. The van der Waals surface area contributed by atoms with Crippen LogP contribution in [-0.2, 0) is 14.3 Å². The lowest BCUT2D eigenvalue weighted by molar-refractivity contribution is -0.152. The monoisotopic (exact) mass is 205 g/mol. The smallest absolute Gasteiger partial charge is 0.396 e. The minimum absolute atomic E-state index is 0.0658. The molecule has 0 aliphatic carbocycles. The number of amides is 1. The minimum atomic E-state index is -0.850. The summed E-state index contributed by atoms with van der Waals surface area (Å²) in [6.45, 7) is 4.41. The zero-order valence-electron chi connectivity index (χ0n) is 8.34. The van der Waals surface area contributed by atoms with Crippen LogP contribution in [0.3, 0.4) is 0 Å². The number of methoxy groups -OCH3 is 1. The standard InChI is InChI=1S/C8H15NO3S/c1-8(2,13-4)5-9-6(10)7(11)12-3/h5H2,1-4H3,(H,9,10). The zero-order chi connectivity index (χ0) is 10.5. The lowest BCUT2D eigenvalue weighted by Gasteiger charge is -2.21. The Morgan fingerprint density at radius 1 is 1.46 bits per heavy atom. The highest BCUT2D eigenvalue weighted by molar-refractivity contribution is 7.99. The Labute approximate surface area is 82.4 Å². The summed E-state index contributed by atoms with van der Waals surface area (Å²) in [5, 5.41) is 2.49. The van der Waals surface area contributed by atoms with E-state index in [4.69, 9.17) is 0 Å². The second kappa shape index (κ2) is 5.11. The van der Waals surface area contributed by atoms with Gasteiger partial charge in [-0.25, -0.2) is 4.79 Å². The molecule has 0 saturated carbocycles. The molecule has 0 heterocycles. The van der Waals surface area contributed by atoms with Gasteiger partial charge in [-0.1, -0.05) is 0 Å². The van der Waals surface area contributed by atoms with Gasteiger partial charge in [0.1, 0.15) is 0 Å².